The molecule has 2 aromatic carbocycles. The van der Waals surface area contributed by atoms with Crippen LogP contribution in [0, 0.1) is 6.92 Å². The van der Waals surface area contributed by atoms with Gasteiger partial charge in [-0.1, -0.05) is 41.4 Å². The van der Waals surface area contributed by atoms with E-state index in [1.54, 1.807) is 42.5 Å². The molecule has 0 fully saturated rings. The summed E-state index contributed by atoms with van der Waals surface area (Å²) in [6, 6.07) is 14.2. The van der Waals surface area contributed by atoms with Crippen molar-refractivity contribution in [3.63, 3.8) is 0 Å². The zero-order valence-corrected chi connectivity index (χ0v) is 15.7. The van der Waals surface area contributed by atoms with Gasteiger partial charge >= 0.3 is 0 Å². The molecule has 0 radical (unpaired) electrons. The van der Waals surface area contributed by atoms with Gasteiger partial charge in [0.25, 0.3) is 0 Å². The number of hydrogen-bond acceptors (Lipinski definition) is 5. The number of nitrogens with zero attached hydrogens (tertiary/aromatic N) is 2. The molecule has 7 heteroatoms. The van der Waals surface area contributed by atoms with Crippen molar-refractivity contribution in [1.82, 2.24) is 9.97 Å². The molecule has 5 nitrogen and oxygen atoms in total. The normalized spacial score (nSPS) is 10.5. The van der Waals surface area contributed by atoms with Gasteiger partial charge < -0.3 is 10.6 Å². The number of benzene rings is 2. The van der Waals surface area contributed by atoms with Crippen LogP contribution in [0.3, 0.4) is 0 Å². The Morgan fingerprint density at radius 2 is 1.65 bits per heavy atom. The van der Waals surface area contributed by atoms with Gasteiger partial charge in [-0.05, 0) is 38.1 Å². The van der Waals surface area contributed by atoms with Crippen molar-refractivity contribution in [3.8, 4) is 0 Å². The van der Waals surface area contributed by atoms with E-state index in [0.29, 0.717) is 33.1 Å². The van der Waals surface area contributed by atoms with Crippen molar-refractivity contribution < 1.29 is 4.79 Å². The maximum Gasteiger partial charge on any atom is 0.229 e. The molecular formula is C19H16Cl2N4O. The molecule has 2 N–H and O–H groups in total. The van der Waals surface area contributed by atoms with Crippen molar-refractivity contribution in [2.45, 2.75) is 13.8 Å². The Morgan fingerprint density at radius 1 is 0.962 bits per heavy atom. The molecule has 0 aliphatic carbocycles. The summed E-state index contributed by atoms with van der Waals surface area (Å²) in [5.41, 5.74) is 2.68. The van der Waals surface area contributed by atoms with Crippen molar-refractivity contribution in [2.75, 3.05) is 10.6 Å². The number of rotatable bonds is 5. The number of carbonyl (C=O) groups excluding carboxylic acids is 1. The van der Waals surface area contributed by atoms with Crippen LogP contribution in [0.15, 0.2) is 48.5 Å². The summed E-state index contributed by atoms with van der Waals surface area (Å²) < 4.78 is 0. The topological polar surface area (TPSA) is 66.9 Å². The second-order valence-corrected chi connectivity index (χ2v) is 6.52. The molecule has 1 heterocycles. The zero-order chi connectivity index (χ0) is 18.7. The van der Waals surface area contributed by atoms with E-state index in [1.165, 1.54) is 6.92 Å². The Hall–Kier alpha value is -2.63. The Morgan fingerprint density at radius 3 is 2.35 bits per heavy atom. The molecule has 0 unspecified atom stereocenters. The summed E-state index contributed by atoms with van der Waals surface area (Å²) in [5, 5.41) is 7.24. The first kappa shape index (κ1) is 18.2. The van der Waals surface area contributed by atoms with E-state index < -0.39 is 0 Å². The molecule has 3 aromatic rings. The van der Waals surface area contributed by atoms with E-state index >= 15 is 0 Å². The predicted molar refractivity (Wildman–Crippen MR) is 106 cm³/mol. The molecular weight excluding hydrogens is 371 g/mol. The van der Waals surface area contributed by atoms with E-state index in [1.807, 2.05) is 13.0 Å². The Balaban J connectivity index is 1.88. The van der Waals surface area contributed by atoms with Crippen molar-refractivity contribution >= 4 is 52.1 Å². The molecule has 0 saturated carbocycles. The zero-order valence-electron chi connectivity index (χ0n) is 14.2. The fraction of sp³-hybridized carbons (Fsp3) is 0.105. The number of aromatic nitrogens is 2. The highest BCUT2D eigenvalue weighted by Gasteiger charge is 2.09. The fourth-order valence-electron chi connectivity index (χ4n) is 2.38. The van der Waals surface area contributed by atoms with Gasteiger partial charge in [0.2, 0.25) is 5.95 Å². The van der Waals surface area contributed by atoms with Crippen LogP contribution in [0.4, 0.5) is 23.1 Å². The SMILES string of the molecule is CC(=O)c1cccc(Nc2nc(C)cc(Nc3c(Cl)cccc3Cl)n2)c1. The van der Waals surface area contributed by atoms with Gasteiger partial charge in [0.1, 0.15) is 5.82 Å². The van der Waals surface area contributed by atoms with Gasteiger partial charge in [-0.25, -0.2) is 4.98 Å². The number of ketones is 1. The monoisotopic (exact) mass is 386 g/mol. The average Bonchev–Trinajstić information content (AvgIpc) is 2.58. The minimum absolute atomic E-state index is 0.00507. The quantitative estimate of drug-likeness (QED) is 0.543. The van der Waals surface area contributed by atoms with Crippen molar-refractivity contribution in [1.29, 1.82) is 0 Å². The molecule has 0 spiro atoms. The van der Waals surface area contributed by atoms with E-state index in [2.05, 4.69) is 20.6 Å². The molecule has 0 amide bonds. The predicted octanol–water partition coefficient (Wildman–Crippen LogP) is 5.78. The number of halogens is 2. The minimum Gasteiger partial charge on any atom is -0.338 e. The van der Waals surface area contributed by atoms with Crippen LogP contribution in [0.5, 0.6) is 0 Å². The number of carbonyl (C=O) groups is 1. The number of nitrogens with one attached hydrogen (secondary N) is 2. The first-order valence-corrected chi connectivity index (χ1v) is 8.63. The number of hydrogen-bond donors (Lipinski definition) is 2. The molecule has 0 aliphatic heterocycles. The van der Waals surface area contributed by atoms with Gasteiger partial charge in [0.15, 0.2) is 5.78 Å². The van der Waals surface area contributed by atoms with E-state index in [0.717, 1.165) is 11.4 Å². The van der Waals surface area contributed by atoms with Crippen LogP contribution < -0.4 is 10.6 Å². The minimum atomic E-state index is -0.00507. The summed E-state index contributed by atoms with van der Waals surface area (Å²) in [6.45, 7) is 3.38. The van der Waals surface area contributed by atoms with Gasteiger partial charge in [-0.15, -0.1) is 0 Å². The van der Waals surface area contributed by atoms with Crippen LogP contribution in [0.2, 0.25) is 10.0 Å². The van der Waals surface area contributed by atoms with Gasteiger partial charge in [-0.2, -0.15) is 4.98 Å². The summed E-state index contributed by atoms with van der Waals surface area (Å²) in [6.07, 6.45) is 0. The van der Waals surface area contributed by atoms with E-state index in [9.17, 15) is 4.79 Å². The van der Waals surface area contributed by atoms with Gasteiger partial charge in [-0.3, -0.25) is 4.79 Å². The standard InChI is InChI=1S/C19H16Cl2N4O/c1-11-9-17(24-18-15(20)7-4-8-16(18)21)25-19(22-11)23-14-6-3-5-13(10-14)12(2)26/h3-10H,1-2H3,(H2,22,23,24,25). The lowest BCUT2D eigenvalue weighted by Gasteiger charge is -2.12. The average molecular weight is 387 g/mol. The second-order valence-electron chi connectivity index (χ2n) is 5.70. The first-order valence-electron chi connectivity index (χ1n) is 7.87. The van der Waals surface area contributed by atoms with Gasteiger partial charge in [0, 0.05) is 23.0 Å². The Labute approximate surface area is 161 Å². The van der Waals surface area contributed by atoms with Gasteiger partial charge in [0.05, 0.1) is 15.7 Å². The molecule has 132 valence electrons. The Kier molecular flexibility index (Phi) is 5.40. The summed E-state index contributed by atoms with van der Waals surface area (Å²) in [5.74, 6) is 0.948. The third kappa shape index (κ3) is 4.31. The highest BCUT2D eigenvalue weighted by atomic mass is 35.5. The largest absolute Gasteiger partial charge is 0.338 e. The number of para-hydroxylation sites is 1. The number of Topliss-reactive ketones (excluding diaryl/α,β-unsaturated/α-hetero) is 1. The molecule has 0 atom stereocenters. The fourth-order valence-corrected chi connectivity index (χ4v) is 2.87. The lowest BCUT2D eigenvalue weighted by atomic mass is 10.1. The number of anilines is 4. The lowest BCUT2D eigenvalue weighted by Crippen LogP contribution is -2.03. The maximum absolute atomic E-state index is 11.5. The van der Waals surface area contributed by atoms with E-state index in [-0.39, 0.29) is 5.78 Å². The van der Waals surface area contributed by atoms with Crippen LogP contribution in [-0.4, -0.2) is 15.8 Å². The highest BCUT2D eigenvalue weighted by molar-refractivity contribution is 6.39. The van der Waals surface area contributed by atoms with Crippen LogP contribution >= 0.6 is 23.2 Å². The third-order valence-electron chi connectivity index (χ3n) is 3.60. The molecule has 0 aliphatic rings. The third-order valence-corrected chi connectivity index (χ3v) is 4.23. The molecule has 0 saturated heterocycles. The summed E-state index contributed by atoms with van der Waals surface area (Å²) in [7, 11) is 0. The highest BCUT2D eigenvalue weighted by Crippen LogP contribution is 2.32. The van der Waals surface area contributed by atoms with Crippen LogP contribution in [0.1, 0.15) is 23.0 Å². The Bertz CT molecular complexity index is 955. The van der Waals surface area contributed by atoms with Crippen molar-refractivity contribution in [3.05, 3.63) is 69.8 Å². The summed E-state index contributed by atoms with van der Waals surface area (Å²) in [4.78, 5) is 20.4. The molecule has 0 bridgehead atoms. The first-order chi connectivity index (χ1) is 12.4. The maximum atomic E-state index is 11.5. The lowest BCUT2D eigenvalue weighted by molar-refractivity contribution is 0.101. The number of aryl methyl sites for hydroxylation is 1. The smallest absolute Gasteiger partial charge is 0.229 e. The van der Waals surface area contributed by atoms with Crippen molar-refractivity contribution in [2.24, 2.45) is 0 Å². The molecule has 3 rings (SSSR count). The molecule has 26 heavy (non-hydrogen) atoms. The second kappa shape index (κ2) is 7.72. The van der Waals surface area contributed by atoms with Crippen LogP contribution in [-0.2, 0) is 0 Å². The molecule has 1 aromatic heterocycles. The summed E-state index contributed by atoms with van der Waals surface area (Å²) >= 11 is 12.4. The van der Waals surface area contributed by atoms with Crippen LogP contribution in [0.25, 0.3) is 0 Å². The van der Waals surface area contributed by atoms with E-state index in [4.69, 9.17) is 23.2 Å².